The first-order valence-corrected chi connectivity index (χ1v) is 7.99. The van der Waals surface area contributed by atoms with Crippen LogP contribution in [0.1, 0.15) is 30.4 Å². The Balaban J connectivity index is 1.98. The average Bonchev–Trinajstić information content (AvgIpc) is 3.07. The zero-order chi connectivity index (χ0) is 13.0. The van der Waals surface area contributed by atoms with Gasteiger partial charge in [0.15, 0.2) is 0 Å². The minimum atomic E-state index is 0.403. The van der Waals surface area contributed by atoms with E-state index in [1.54, 1.807) is 5.56 Å². The highest BCUT2D eigenvalue weighted by Gasteiger charge is 2.45. The van der Waals surface area contributed by atoms with E-state index in [4.69, 9.17) is 0 Å². The van der Waals surface area contributed by atoms with Gasteiger partial charge in [0.25, 0.3) is 0 Å². The quantitative estimate of drug-likeness (QED) is 0.915. The number of hydrogen-bond donors (Lipinski definition) is 1. The van der Waals surface area contributed by atoms with E-state index < -0.39 is 0 Å². The maximum atomic E-state index is 3.69. The van der Waals surface area contributed by atoms with E-state index in [0.717, 1.165) is 6.54 Å². The summed E-state index contributed by atoms with van der Waals surface area (Å²) < 4.78 is 3.72. The first-order valence-electron chi connectivity index (χ1n) is 7.20. The third kappa shape index (κ3) is 1.71. The molecular weight excluding hydrogens is 300 g/mol. The summed E-state index contributed by atoms with van der Waals surface area (Å²) in [5, 5.41) is 4.87. The largest absolute Gasteiger partial charge is 0.347 e. The van der Waals surface area contributed by atoms with Crippen LogP contribution in [0.25, 0.3) is 10.9 Å². The first-order chi connectivity index (χ1) is 9.23. The number of aromatic nitrogens is 1. The second-order valence-electron chi connectivity index (χ2n) is 6.11. The molecular formula is C16H19BrN2. The molecule has 3 heteroatoms. The molecule has 2 aromatic rings. The van der Waals surface area contributed by atoms with Crippen molar-refractivity contribution < 1.29 is 0 Å². The molecule has 2 aliphatic rings. The number of aryl methyl sites for hydroxylation is 2. The molecule has 0 spiro atoms. The zero-order valence-corrected chi connectivity index (χ0v) is 12.9. The second-order valence-corrected chi connectivity index (χ2v) is 7.03. The van der Waals surface area contributed by atoms with Gasteiger partial charge < -0.3 is 9.88 Å². The summed E-state index contributed by atoms with van der Waals surface area (Å²) in [6.07, 6.45) is 7.58. The van der Waals surface area contributed by atoms with Crippen molar-refractivity contribution in [3.05, 3.63) is 33.9 Å². The van der Waals surface area contributed by atoms with Gasteiger partial charge in [-0.05, 0) is 56.0 Å². The van der Waals surface area contributed by atoms with Gasteiger partial charge in [-0.2, -0.15) is 0 Å². The molecule has 1 aromatic carbocycles. The Morgan fingerprint density at radius 2 is 2.21 bits per heavy atom. The van der Waals surface area contributed by atoms with Crippen LogP contribution in [0.3, 0.4) is 0 Å². The molecule has 1 fully saturated rings. The fourth-order valence-electron chi connectivity index (χ4n) is 3.75. The van der Waals surface area contributed by atoms with E-state index in [9.17, 15) is 0 Å². The molecule has 0 amide bonds. The van der Waals surface area contributed by atoms with E-state index in [1.807, 2.05) is 0 Å². The molecule has 2 nitrogen and oxygen atoms in total. The lowest BCUT2D eigenvalue weighted by molar-refractivity contribution is 0.610. The molecule has 0 radical (unpaired) electrons. The fourth-order valence-corrected chi connectivity index (χ4v) is 4.26. The second kappa shape index (κ2) is 4.10. The summed E-state index contributed by atoms with van der Waals surface area (Å²) in [5.74, 6) is 0. The molecule has 1 saturated carbocycles. The highest BCUT2D eigenvalue weighted by atomic mass is 79.9. The smallest absolute Gasteiger partial charge is 0.0516 e. The molecule has 1 aliphatic carbocycles. The molecule has 19 heavy (non-hydrogen) atoms. The van der Waals surface area contributed by atoms with E-state index >= 15 is 0 Å². The maximum Gasteiger partial charge on any atom is 0.0516 e. The number of benzene rings is 1. The SMILES string of the molecule is CNCC1(c2cn3c4c(cc(Br)cc24)CCC3)CC1. The van der Waals surface area contributed by atoms with Crippen molar-refractivity contribution in [1.82, 2.24) is 9.88 Å². The van der Waals surface area contributed by atoms with Crippen molar-refractivity contribution in [2.24, 2.45) is 0 Å². The summed E-state index contributed by atoms with van der Waals surface area (Å²) in [6.45, 7) is 2.29. The molecule has 1 aliphatic heterocycles. The molecule has 0 unspecified atom stereocenters. The summed E-state index contributed by atoms with van der Waals surface area (Å²) in [6, 6.07) is 4.63. The van der Waals surface area contributed by atoms with Gasteiger partial charge in [0.2, 0.25) is 0 Å². The normalized spacial score (nSPS) is 19.9. The van der Waals surface area contributed by atoms with E-state index in [1.165, 1.54) is 53.2 Å². The predicted octanol–water partition coefficient (Wildman–Crippen LogP) is 3.60. The minimum absolute atomic E-state index is 0.403. The van der Waals surface area contributed by atoms with E-state index in [-0.39, 0.29) is 0 Å². The Bertz CT molecular complexity index is 652. The van der Waals surface area contributed by atoms with Gasteiger partial charge in [0, 0.05) is 34.6 Å². The van der Waals surface area contributed by atoms with Crippen molar-refractivity contribution in [2.75, 3.05) is 13.6 Å². The van der Waals surface area contributed by atoms with Crippen LogP contribution in [-0.4, -0.2) is 18.2 Å². The molecule has 4 rings (SSSR count). The Kier molecular flexibility index (Phi) is 2.58. The summed E-state index contributed by atoms with van der Waals surface area (Å²) in [4.78, 5) is 0. The fraction of sp³-hybridized carbons (Fsp3) is 0.500. The maximum absolute atomic E-state index is 3.69. The monoisotopic (exact) mass is 318 g/mol. The van der Waals surface area contributed by atoms with Gasteiger partial charge in [0.05, 0.1) is 5.52 Å². The number of nitrogens with one attached hydrogen (secondary N) is 1. The molecule has 1 N–H and O–H groups in total. The standard InChI is InChI=1S/C16H19BrN2/c1-18-10-16(4-5-16)14-9-19-6-2-3-11-7-12(17)8-13(14)15(11)19/h7-9,18H,2-6,10H2,1H3. The topological polar surface area (TPSA) is 17.0 Å². The van der Waals surface area contributed by atoms with Crippen LogP contribution in [-0.2, 0) is 18.4 Å². The van der Waals surface area contributed by atoms with Gasteiger partial charge in [-0.15, -0.1) is 0 Å². The van der Waals surface area contributed by atoms with Gasteiger partial charge in [-0.25, -0.2) is 0 Å². The third-order valence-corrected chi connectivity index (χ3v) is 5.26. The molecule has 1 aromatic heterocycles. The van der Waals surface area contributed by atoms with Crippen LogP contribution < -0.4 is 5.32 Å². The van der Waals surface area contributed by atoms with E-state index in [0.29, 0.717) is 5.41 Å². The average molecular weight is 319 g/mol. The van der Waals surface area contributed by atoms with Crippen molar-refractivity contribution in [3.63, 3.8) is 0 Å². The summed E-state index contributed by atoms with van der Waals surface area (Å²) in [7, 11) is 2.07. The molecule has 0 saturated heterocycles. The Hall–Kier alpha value is -0.800. The summed E-state index contributed by atoms with van der Waals surface area (Å²) in [5.41, 5.74) is 4.98. The Morgan fingerprint density at radius 1 is 1.37 bits per heavy atom. The van der Waals surface area contributed by atoms with Crippen LogP contribution in [0.2, 0.25) is 0 Å². The van der Waals surface area contributed by atoms with Crippen molar-refractivity contribution in [1.29, 1.82) is 0 Å². The lowest BCUT2D eigenvalue weighted by atomic mass is 9.94. The first kappa shape index (κ1) is 12.0. The van der Waals surface area contributed by atoms with Crippen LogP contribution in [0.5, 0.6) is 0 Å². The number of rotatable bonds is 3. The van der Waals surface area contributed by atoms with Gasteiger partial charge >= 0.3 is 0 Å². The molecule has 100 valence electrons. The lowest BCUT2D eigenvalue weighted by Crippen LogP contribution is -2.23. The van der Waals surface area contributed by atoms with Gasteiger partial charge in [-0.1, -0.05) is 15.9 Å². The highest BCUT2D eigenvalue weighted by Crippen LogP contribution is 2.51. The van der Waals surface area contributed by atoms with Crippen LogP contribution in [0, 0.1) is 0 Å². The van der Waals surface area contributed by atoms with Crippen molar-refractivity contribution in [2.45, 2.75) is 37.6 Å². The third-order valence-electron chi connectivity index (χ3n) is 4.80. The molecule has 0 atom stereocenters. The number of hydrogen-bond acceptors (Lipinski definition) is 1. The molecule has 0 bridgehead atoms. The van der Waals surface area contributed by atoms with E-state index in [2.05, 4.69) is 51.2 Å². The Morgan fingerprint density at radius 3 is 2.95 bits per heavy atom. The number of likely N-dealkylation sites (N-methyl/N-ethyl adjacent to an activating group) is 1. The van der Waals surface area contributed by atoms with Crippen molar-refractivity contribution >= 4 is 26.8 Å². The minimum Gasteiger partial charge on any atom is -0.347 e. The highest BCUT2D eigenvalue weighted by molar-refractivity contribution is 9.10. The predicted molar refractivity (Wildman–Crippen MR) is 82.8 cm³/mol. The van der Waals surface area contributed by atoms with Crippen LogP contribution in [0.4, 0.5) is 0 Å². The molecule has 2 heterocycles. The number of nitrogens with zero attached hydrogens (tertiary/aromatic N) is 1. The van der Waals surface area contributed by atoms with Crippen LogP contribution >= 0.6 is 15.9 Å². The summed E-state index contributed by atoms with van der Waals surface area (Å²) >= 11 is 3.69. The zero-order valence-electron chi connectivity index (χ0n) is 11.3. The van der Waals surface area contributed by atoms with Crippen LogP contribution in [0.15, 0.2) is 22.8 Å². The number of halogens is 1. The lowest BCUT2D eigenvalue weighted by Gasteiger charge is -2.16. The van der Waals surface area contributed by atoms with Gasteiger partial charge in [0.1, 0.15) is 0 Å². The van der Waals surface area contributed by atoms with Gasteiger partial charge in [-0.3, -0.25) is 0 Å². The van der Waals surface area contributed by atoms with Crippen molar-refractivity contribution in [3.8, 4) is 0 Å². The Labute approximate surface area is 122 Å².